The Morgan fingerprint density at radius 2 is 1.64 bits per heavy atom. The molecule has 0 amide bonds. The van der Waals surface area contributed by atoms with E-state index < -0.39 is 5.97 Å². The van der Waals surface area contributed by atoms with Gasteiger partial charge in [-0.3, -0.25) is 14.3 Å². The predicted octanol–water partition coefficient (Wildman–Crippen LogP) is 4.33. The monoisotopic (exact) mass is 372 g/mol. The van der Waals surface area contributed by atoms with Crippen LogP contribution in [0.4, 0.5) is 0 Å². The van der Waals surface area contributed by atoms with Crippen LogP contribution in [0.3, 0.4) is 0 Å². The highest BCUT2D eigenvalue weighted by Gasteiger charge is 2.23. The minimum absolute atomic E-state index is 0.199. The van der Waals surface area contributed by atoms with Crippen molar-refractivity contribution in [1.29, 1.82) is 0 Å². The molecule has 0 aliphatic rings. The number of ether oxygens (including phenoxy) is 1. The van der Waals surface area contributed by atoms with Gasteiger partial charge in [0.15, 0.2) is 0 Å². The van der Waals surface area contributed by atoms with E-state index in [1.54, 1.807) is 25.3 Å². The lowest BCUT2D eigenvalue weighted by Gasteiger charge is -2.17. The lowest BCUT2D eigenvalue weighted by Crippen LogP contribution is -2.22. The number of esters is 1. The van der Waals surface area contributed by atoms with E-state index in [4.69, 9.17) is 4.74 Å². The molecule has 5 nitrogen and oxygen atoms in total. The van der Waals surface area contributed by atoms with Crippen LogP contribution in [0.25, 0.3) is 27.4 Å². The van der Waals surface area contributed by atoms with E-state index in [1.807, 2.05) is 54.6 Å². The highest BCUT2D eigenvalue weighted by atomic mass is 16.5. The van der Waals surface area contributed by atoms with Crippen molar-refractivity contribution in [3.63, 3.8) is 0 Å². The summed E-state index contributed by atoms with van der Waals surface area (Å²) in [5.41, 5.74) is 2.82. The van der Waals surface area contributed by atoms with Crippen molar-refractivity contribution in [3.05, 3.63) is 81.9 Å². The Morgan fingerprint density at radius 1 is 0.964 bits per heavy atom. The molecule has 4 rings (SSSR count). The summed E-state index contributed by atoms with van der Waals surface area (Å²) in [5.74, 6) is -0.459. The van der Waals surface area contributed by atoms with Gasteiger partial charge in [0.25, 0.3) is 5.56 Å². The van der Waals surface area contributed by atoms with Crippen LogP contribution >= 0.6 is 0 Å². The van der Waals surface area contributed by atoms with Gasteiger partial charge in [-0.05, 0) is 39.0 Å². The molecule has 0 N–H and O–H groups in total. The largest absolute Gasteiger partial charge is 0.462 e. The summed E-state index contributed by atoms with van der Waals surface area (Å²) < 4.78 is 6.95. The van der Waals surface area contributed by atoms with E-state index in [0.29, 0.717) is 27.7 Å². The molecule has 2 aromatic heterocycles. The van der Waals surface area contributed by atoms with Crippen LogP contribution in [0.2, 0.25) is 0 Å². The molecule has 0 aliphatic heterocycles. The Labute approximate surface area is 162 Å². The van der Waals surface area contributed by atoms with Crippen molar-refractivity contribution < 1.29 is 9.53 Å². The maximum Gasteiger partial charge on any atom is 0.340 e. The van der Waals surface area contributed by atoms with Gasteiger partial charge < -0.3 is 4.74 Å². The van der Waals surface area contributed by atoms with Crippen molar-refractivity contribution in [3.8, 4) is 5.69 Å². The Hall–Kier alpha value is -3.47. The summed E-state index contributed by atoms with van der Waals surface area (Å²) in [5, 5.41) is 1.87. The number of carbonyl (C=O) groups excluding carboxylic acids is 1. The molecule has 0 spiro atoms. The summed E-state index contributed by atoms with van der Waals surface area (Å²) >= 11 is 0. The molecule has 0 aliphatic carbocycles. The first-order valence-electron chi connectivity index (χ1n) is 9.21. The number of nitrogens with zero attached hydrogens (tertiary/aromatic N) is 2. The maximum absolute atomic E-state index is 13.6. The smallest absolute Gasteiger partial charge is 0.340 e. The van der Waals surface area contributed by atoms with Gasteiger partial charge in [-0.2, -0.15) is 0 Å². The fourth-order valence-corrected chi connectivity index (χ4v) is 3.77. The molecule has 140 valence electrons. The molecule has 0 radical (unpaired) electrons. The quantitative estimate of drug-likeness (QED) is 0.397. The lowest BCUT2D eigenvalue weighted by atomic mass is 9.98. The molecule has 0 atom stereocenters. The Kier molecular flexibility index (Phi) is 4.43. The van der Waals surface area contributed by atoms with E-state index in [-0.39, 0.29) is 12.2 Å². The second-order valence-corrected chi connectivity index (χ2v) is 6.62. The van der Waals surface area contributed by atoms with Gasteiger partial charge in [-0.15, -0.1) is 0 Å². The molecule has 0 bridgehead atoms. The lowest BCUT2D eigenvalue weighted by molar-refractivity contribution is 0.0527. The fraction of sp³-hybridized carbons (Fsp3) is 0.174. The van der Waals surface area contributed by atoms with Crippen LogP contribution in [0.1, 0.15) is 28.7 Å². The van der Waals surface area contributed by atoms with E-state index in [2.05, 4.69) is 4.98 Å². The molecule has 0 fully saturated rings. The first-order chi connectivity index (χ1) is 13.5. The first-order valence-corrected chi connectivity index (χ1v) is 9.21. The average molecular weight is 372 g/mol. The van der Waals surface area contributed by atoms with Gasteiger partial charge in [-0.25, -0.2) is 4.79 Å². The van der Waals surface area contributed by atoms with E-state index in [9.17, 15) is 9.59 Å². The van der Waals surface area contributed by atoms with Crippen molar-refractivity contribution in [2.24, 2.45) is 0 Å². The van der Waals surface area contributed by atoms with Crippen LogP contribution in [-0.2, 0) is 4.74 Å². The van der Waals surface area contributed by atoms with Crippen molar-refractivity contribution >= 4 is 27.6 Å². The third kappa shape index (κ3) is 2.67. The zero-order chi connectivity index (χ0) is 19.8. The molecule has 28 heavy (non-hydrogen) atoms. The number of aromatic nitrogens is 2. The average Bonchev–Trinajstić information content (AvgIpc) is 2.68. The second kappa shape index (κ2) is 6.93. The molecule has 0 unspecified atom stereocenters. The van der Waals surface area contributed by atoms with Crippen LogP contribution in [-0.4, -0.2) is 22.1 Å². The predicted molar refractivity (Wildman–Crippen MR) is 110 cm³/mol. The molecule has 5 heteroatoms. The van der Waals surface area contributed by atoms with Gasteiger partial charge >= 0.3 is 5.97 Å². The highest BCUT2D eigenvalue weighted by molar-refractivity contribution is 6.16. The van der Waals surface area contributed by atoms with Gasteiger partial charge in [0, 0.05) is 16.5 Å². The number of pyridine rings is 2. The minimum atomic E-state index is -0.459. The van der Waals surface area contributed by atoms with E-state index in [1.165, 1.54) is 0 Å². The van der Waals surface area contributed by atoms with E-state index in [0.717, 1.165) is 16.6 Å². The van der Waals surface area contributed by atoms with Crippen LogP contribution in [0.5, 0.6) is 0 Å². The summed E-state index contributed by atoms with van der Waals surface area (Å²) in [6.45, 7) is 5.59. The number of benzene rings is 2. The topological polar surface area (TPSA) is 61.2 Å². The number of hydrogen-bond donors (Lipinski definition) is 0. The van der Waals surface area contributed by atoms with Crippen molar-refractivity contribution in [2.45, 2.75) is 20.8 Å². The molecule has 2 aromatic carbocycles. The number of rotatable bonds is 3. The maximum atomic E-state index is 13.6. The third-order valence-corrected chi connectivity index (χ3v) is 4.88. The SMILES string of the molecule is CCOC(=O)c1c(C)nc(C)c2c(=O)n(-c3ccccc3)c3ccccc3c12. The minimum Gasteiger partial charge on any atom is -0.462 e. The standard InChI is InChI=1S/C23H20N2O3/c1-4-28-23(27)20-15(3)24-14(2)19-21(20)17-12-8-9-13-18(17)25(22(19)26)16-10-6-5-7-11-16/h5-13H,4H2,1-3H3. The number of aryl methyl sites for hydroxylation is 2. The summed E-state index contributed by atoms with van der Waals surface area (Å²) in [6.07, 6.45) is 0. The van der Waals surface area contributed by atoms with Gasteiger partial charge in [-0.1, -0.05) is 36.4 Å². The third-order valence-electron chi connectivity index (χ3n) is 4.88. The summed E-state index contributed by atoms with van der Waals surface area (Å²) in [4.78, 5) is 30.8. The van der Waals surface area contributed by atoms with Gasteiger partial charge in [0.1, 0.15) is 0 Å². The first kappa shape index (κ1) is 17.9. The Bertz CT molecular complexity index is 1270. The van der Waals surface area contributed by atoms with Crippen LogP contribution < -0.4 is 5.56 Å². The molecular weight excluding hydrogens is 352 g/mol. The fourth-order valence-electron chi connectivity index (χ4n) is 3.77. The van der Waals surface area contributed by atoms with Crippen molar-refractivity contribution in [1.82, 2.24) is 9.55 Å². The molecule has 0 saturated carbocycles. The molecule has 4 aromatic rings. The number of para-hydroxylation sites is 2. The van der Waals surface area contributed by atoms with Crippen LogP contribution in [0.15, 0.2) is 59.4 Å². The summed E-state index contributed by atoms with van der Waals surface area (Å²) in [6, 6.07) is 17.1. The Balaban J connectivity index is 2.27. The molecule has 2 heterocycles. The normalized spacial score (nSPS) is 11.1. The zero-order valence-electron chi connectivity index (χ0n) is 16.0. The van der Waals surface area contributed by atoms with Gasteiger partial charge in [0.05, 0.1) is 34.5 Å². The Morgan fingerprint density at radius 3 is 2.36 bits per heavy atom. The summed E-state index contributed by atoms with van der Waals surface area (Å²) in [7, 11) is 0. The second-order valence-electron chi connectivity index (χ2n) is 6.62. The number of fused-ring (bicyclic) bond motifs is 3. The number of carbonyl (C=O) groups is 1. The highest BCUT2D eigenvalue weighted by Crippen LogP contribution is 2.30. The van der Waals surface area contributed by atoms with E-state index >= 15 is 0 Å². The van der Waals surface area contributed by atoms with Crippen LogP contribution in [0, 0.1) is 13.8 Å². The molecular formula is C23H20N2O3. The van der Waals surface area contributed by atoms with Gasteiger partial charge in [0.2, 0.25) is 0 Å². The number of hydrogen-bond acceptors (Lipinski definition) is 4. The molecule has 0 saturated heterocycles. The zero-order valence-corrected chi connectivity index (χ0v) is 16.0. The van der Waals surface area contributed by atoms with Crippen molar-refractivity contribution in [2.75, 3.05) is 6.61 Å².